The van der Waals surface area contributed by atoms with Crippen LogP contribution in [0.1, 0.15) is 38.5 Å². The molecule has 5 rings (SSSR count). The molecule has 2 N–H and O–H groups in total. The first-order valence-corrected chi connectivity index (χ1v) is 12.6. The van der Waals surface area contributed by atoms with Gasteiger partial charge in [-0.25, -0.2) is 4.98 Å². The summed E-state index contributed by atoms with van der Waals surface area (Å²) in [5.74, 6) is 0.545. The van der Waals surface area contributed by atoms with E-state index in [2.05, 4.69) is 25.3 Å². The first-order chi connectivity index (χ1) is 17.4. The van der Waals surface area contributed by atoms with Gasteiger partial charge in [-0.3, -0.25) is 0 Å². The lowest BCUT2D eigenvalue weighted by atomic mass is 9.89. The number of aromatic nitrogens is 1. The minimum Gasteiger partial charge on any atom is -0.424 e. The molecule has 0 spiro atoms. The number of hydrogen-bond acceptors (Lipinski definition) is 6. The van der Waals surface area contributed by atoms with Crippen LogP contribution in [-0.2, 0) is 0 Å². The second-order valence-corrected chi connectivity index (χ2v) is 9.53. The Morgan fingerprint density at radius 3 is 2.42 bits per heavy atom. The molecule has 1 saturated heterocycles. The van der Waals surface area contributed by atoms with Crippen LogP contribution in [0.2, 0.25) is 0 Å². The van der Waals surface area contributed by atoms with Gasteiger partial charge in [0.2, 0.25) is 0 Å². The molecule has 3 aromatic rings. The fraction of sp³-hybridized carbons (Fsp3) is 0.444. The molecule has 2 aliphatic rings. The standard InChI is InChI=1S/C27H31F3N4O2/c28-27(29,30)36-22-14-12-21(13-15-22)34-16-6-9-20(18-34)32-23-10-4-5-11-24(23)33-26-31-17-25(35-26)19-7-2-1-3-8-19/h1-3,7-8,12-15,17,20,23-24,32H,4-6,9-11,16,18H2,(H,31,33)/t20?,23-,24-/m1/s1. The van der Waals surface area contributed by atoms with E-state index in [9.17, 15) is 13.2 Å². The lowest BCUT2D eigenvalue weighted by Crippen LogP contribution is -2.54. The SMILES string of the molecule is FC(F)(F)Oc1ccc(N2CCCC(N[C@@H]3CCCC[C@H]3Nc3ncc(-c4ccccc4)o3)C2)cc1. The average Bonchev–Trinajstić information content (AvgIpc) is 3.34. The summed E-state index contributed by atoms with van der Waals surface area (Å²) in [7, 11) is 0. The quantitative estimate of drug-likeness (QED) is 0.402. The maximum atomic E-state index is 12.5. The predicted octanol–water partition coefficient (Wildman–Crippen LogP) is 6.22. The molecule has 36 heavy (non-hydrogen) atoms. The molecule has 0 amide bonds. The number of nitrogens with one attached hydrogen (secondary N) is 2. The van der Waals surface area contributed by atoms with Crippen molar-refractivity contribution in [3.8, 4) is 17.1 Å². The Hall–Kier alpha value is -3.20. The summed E-state index contributed by atoms with van der Waals surface area (Å²) in [5, 5.41) is 7.38. The van der Waals surface area contributed by atoms with Gasteiger partial charge < -0.3 is 24.7 Å². The van der Waals surface area contributed by atoms with Crippen molar-refractivity contribution in [1.29, 1.82) is 0 Å². The number of benzene rings is 2. The van der Waals surface area contributed by atoms with Gasteiger partial charge in [0.05, 0.1) is 6.20 Å². The Balaban J connectivity index is 1.19. The van der Waals surface area contributed by atoms with E-state index in [-0.39, 0.29) is 11.8 Å². The molecular weight excluding hydrogens is 469 g/mol. The zero-order valence-electron chi connectivity index (χ0n) is 20.0. The molecule has 1 unspecified atom stereocenters. The number of ether oxygens (including phenoxy) is 1. The third-order valence-electron chi connectivity index (χ3n) is 6.95. The molecule has 3 atom stereocenters. The van der Waals surface area contributed by atoms with Crippen LogP contribution in [-0.4, -0.2) is 42.6 Å². The van der Waals surface area contributed by atoms with Crippen LogP contribution in [0.5, 0.6) is 5.75 Å². The Morgan fingerprint density at radius 1 is 0.917 bits per heavy atom. The molecular formula is C27H31F3N4O2. The van der Waals surface area contributed by atoms with Crippen molar-refractivity contribution in [3.05, 3.63) is 60.8 Å². The Bertz CT molecular complexity index is 1100. The smallest absolute Gasteiger partial charge is 0.424 e. The highest BCUT2D eigenvalue weighted by molar-refractivity contribution is 5.57. The second-order valence-electron chi connectivity index (χ2n) is 9.53. The van der Waals surface area contributed by atoms with Crippen molar-refractivity contribution in [2.45, 2.75) is 63.0 Å². The van der Waals surface area contributed by atoms with Crippen molar-refractivity contribution in [2.24, 2.45) is 0 Å². The maximum absolute atomic E-state index is 12.5. The first-order valence-electron chi connectivity index (χ1n) is 12.6. The number of rotatable bonds is 7. The summed E-state index contributed by atoms with van der Waals surface area (Å²) >= 11 is 0. The molecule has 192 valence electrons. The highest BCUT2D eigenvalue weighted by Gasteiger charge is 2.32. The first kappa shape index (κ1) is 24.5. The van der Waals surface area contributed by atoms with Gasteiger partial charge in [-0.15, -0.1) is 13.2 Å². The van der Waals surface area contributed by atoms with Crippen LogP contribution in [0.3, 0.4) is 0 Å². The van der Waals surface area contributed by atoms with Crippen LogP contribution in [0.4, 0.5) is 24.9 Å². The number of halogens is 3. The molecule has 2 fully saturated rings. The number of oxazole rings is 1. The molecule has 2 heterocycles. The summed E-state index contributed by atoms with van der Waals surface area (Å²) in [6.07, 6.45) is 3.60. The van der Waals surface area contributed by atoms with E-state index in [0.717, 1.165) is 62.2 Å². The van der Waals surface area contributed by atoms with Crippen LogP contribution < -0.4 is 20.3 Å². The zero-order valence-corrected chi connectivity index (χ0v) is 20.0. The second kappa shape index (κ2) is 10.8. The fourth-order valence-electron chi connectivity index (χ4n) is 5.25. The van der Waals surface area contributed by atoms with Gasteiger partial charge in [0.25, 0.3) is 6.01 Å². The number of anilines is 2. The lowest BCUT2D eigenvalue weighted by molar-refractivity contribution is -0.274. The molecule has 1 aliphatic carbocycles. The number of alkyl halides is 3. The van der Waals surface area contributed by atoms with E-state index >= 15 is 0 Å². The largest absolute Gasteiger partial charge is 0.573 e. The lowest BCUT2D eigenvalue weighted by Gasteiger charge is -2.40. The van der Waals surface area contributed by atoms with E-state index in [1.165, 1.54) is 18.6 Å². The van der Waals surface area contributed by atoms with Crippen molar-refractivity contribution in [2.75, 3.05) is 23.3 Å². The highest BCUT2D eigenvalue weighted by atomic mass is 19.4. The zero-order chi connectivity index (χ0) is 25.0. The van der Waals surface area contributed by atoms with Gasteiger partial charge in [-0.05, 0) is 49.9 Å². The number of nitrogens with zero attached hydrogens (tertiary/aromatic N) is 2. The van der Waals surface area contributed by atoms with Gasteiger partial charge in [-0.1, -0.05) is 43.2 Å². The molecule has 1 saturated carbocycles. The summed E-state index contributed by atoms with van der Waals surface area (Å²) in [5.41, 5.74) is 1.90. The summed E-state index contributed by atoms with van der Waals surface area (Å²) in [6, 6.07) is 17.4. The average molecular weight is 501 g/mol. The Kier molecular flexibility index (Phi) is 7.36. The van der Waals surface area contributed by atoms with E-state index in [1.54, 1.807) is 18.3 Å². The third kappa shape index (κ3) is 6.32. The van der Waals surface area contributed by atoms with Crippen molar-refractivity contribution in [1.82, 2.24) is 10.3 Å². The van der Waals surface area contributed by atoms with Gasteiger partial charge in [0, 0.05) is 42.5 Å². The number of hydrogen-bond donors (Lipinski definition) is 2. The molecule has 9 heteroatoms. The molecule has 2 aromatic carbocycles. The normalized spacial score (nSPS) is 22.9. The maximum Gasteiger partial charge on any atom is 0.573 e. The topological polar surface area (TPSA) is 62.6 Å². The van der Waals surface area contributed by atoms with Crippen LogP contribution in [0, 0.1) is 0 Å². The monoisotopic (exact) mass is 500 g/mol. The highest BCUT2D eigenvalue weighted by Crippen LogP contribution is 2.29. The number of piperidine rings is 1. The third-order valence-corrected chi connectivity index (χ3v) is 6.95. The van der Waals surface area contributed by atoms with Crippen LogP contribution >= 0.6 is 0 Å². The minimum atomic E-state index is -4.68. The van der Waals surface area contributed by atoms with E-state index in [1.807, 2.05) is 30.3 Å². The molecule has 0 bridgehead atoms. The van der Waals surface area contributed by atoms with E-state index in [4.69, 9.17) is 4.42 Å². The molecule has 1 aromatic heterocycles. The van der Waals surface area contributed by atoms with Crippen LogP contribution in [0.15, 0.2) is 65.2 Å². The molecule has 0 radical (unpaired) electrons. The summed E-state index contributed by atoms with van der Waals surface area (Å²) < 4.78 is 47.4. The fourth-order valence-corrected chi connectivity index (χ4v) is 5.25. The van der Waals surface area contributed by atoms with Crippen molar-refractivity contribution >= 4 is 11.7 Å². The molecule has 1 aliphatic heterocycles. The van der Waals surface area contributed by atoms with Crippen molar-refractivity contribution < 1.29 is 22.3 Å². The van der Waals surface area contributed by atoms with Gasteiger partial charge >= 0.3 is 6.36 Å². The van der Waals surface area contributed by atoms with E-state index in [0.29, 0.717) is 18.1 Å². The Morgan fingerprint density at radius 2 is 1.67 bits per heavy atom. The van der Waals surface area contributed by atoms with Gasteiger partial charge in [-0.2, -0.15) is 0 Å². The minimum absolute atomic E-state index is 0.198. The summed E-state index contributed by atoms with van der Waals surface area (Å²) in [6.45, 7) is 1.68. The van der Waals surface area contributed by atoms with Crippen molar-refractivity contribution in [3.63, 3.8) is 0 Å². The van der Waals surface area contributed by atoms with Gasteiger partial charge in [0.15, 0.2) is 5.76 Å². The summed E-state index contributed by atoms with van der Waals surface area (Å²) in [4.78, 5) is 6.68. The molecule has 6 nitrogen and oxygen atoms in total. The predicted molar refractivity (Wildman–Crippen MR) is 133 cm³/mol. The van der Waals surface area contributed by atoms with E-state index < -0.39 is 6.36 Å². The van der Waals surface area contributed by atoms with Gasteiger partial charge in [0.1, 0.15) is 5.75 Å². The Labute approximate surface area is 208 Å². The van der Waals surface area contributed by atoms with Crippen LogP contribution in [0.25, 0.3) is 11.3 Å².